The number of nitrogens with zero attached hydrogens (tertiary/aromatic N) is 1. The van der Waals surface area contributed by atoms with Crippen LogP contribution in [-0.2, 0) is 0 Å². The number of likely N-dealkylation sites (tertiary alicyclic amines) is 1. The van der Waals surface area contributed by atoms with Crippen molar-refractivity contribution in [3.8, 4) is 0 Å². The summed E-state index contributed by atoms with van der Waals surface area (Å²) in [5.41, 5.74) is 1.32. The van der Waals surface area contributed by atoms with Gasteiger partial charge in [0, 0.05) is 17.1 Å². The van der Waals surface area contributed by atoms with E-state index in [1.165, 1.54) is 50.9 Å². The van der Waals surface area contributed by atoms with Crippen LogP contribution in [0.1, 0.15) is 57.6 Å². The molecule has 0 saturated carbocycles. The maximum atomic E-state index is 6.12. The molecule has 1 aromatic carbocycles. The normalized spacial score (nSPS) is 18.8. The first-order valence-corrected chi connectivity index (χ1v) is 8.84. The number of benzene rings is 1. The minimum Gasteiger partial charge on any atom is -0.307 e. The van der Waals surface area contributed by atoms with Crippen molar-refractivity contribution < 1.29 is 0 Å². The van der Waals surface area contributed by atoms with Crippen molar-refractivity contribution >= 4 is 11.6 Å². The standard InChI is InChI=1S/C18H29ClN2/c1-3-5-11-21-12-9-17(10-13-21)20-18(4-2)15-7-6-8-16(19)14-15/h6-8,14,17-18,20H,3-5,9-13H2,1-2H3. The quantitative estimate of drug-likeness (QED) is 0.789. The van der Waals surface area contributed by atoms with Crippen molar-refractivity contribution in [3.63, 3.8) is 0 Å². The first-order chi connectivity index (χ1) is 10.2. The first-order valence-electron chi connectivity index (χ1n) is 8.46. The van der Waals surface area contributed by atoms with Gasteiger partial charge in [-0.05, 0) is 63.0 Å². The Morgan fingerprint density at radius 1 is 1.29 bits per heavy atom. The lowest BCUT2D eigenvalue weighted by Gasteiger charge is -2.34. The van der Waals surface area contributed by atoms with Crippen LogP contribution in [0.5, 0.6) is 0 Å². The van der Waals surface area contributed by atoms with Gasteiger partial charge in [0.05, 0.1) is 0 Å². The van der Waals surface area contributed by atoms with Crippen LogP contribution < -0.4 is 5.32 Å². The van der Waals surface area contributed by atoms with Gasteiger partial charge < -0.3 is 10.2 Å². The summed E-state index contributed by atoms with van der Waals surface area (Å²) in [5, 5.41) is 4.68. The third-order valence-electron chi connectivity index (χ3n) is 4.51. The van der Waals surface area contributed by atoms with Crippen LogP contribution in [0, 0.1) is 0 Å². The number of hydrogen-bond donors (Lipinski definition) is 1. The van der Waals surface area contributed by atoms with Gasteiger partial charge in [-0.1, -0.05) is 44.0 Å². The van der Waals surface area contributed by atoms with Gasteiger partial charge in [-0.3, -0.25) is 0 Å². The van der Waals surface area contributed by atoms with Crippen LogP contribution in [0.3, 0.4) is 0 Å². The van der Waals surface area contributed by atoms with E-state index in [2.05, 4.69) is 42.3 Å². The number of halogens is 1. The minimum absolute atomic E-state index is 0.427. The van der Waals surface area contributed by atoms with E-state index in [9.17, 15) is 0 Å². The summed E-state index contributed by atoms with van der Waals surface area (Å²) in [4.78, 5) is 2.61. The summed E-state index contributed by atoms with van der Waals surface area (Å²) in [7, 11) is 0. The molecule has 1 aromatic rings. The summed E-state index contributed by atoms with van der Waals surface area (Å²) in [6.07, 6.45) is 6.26. The summed E-state index contributed by atoms with van der Waals surface area (Å²) in [6, 6.07) is 9.35. The Labute approximate surface area is 134 Å². The van der Waals surface area contributed by atoms with Gasteiger partial charge in [-0.15, -0.1) is 0 Å². The lowest BCUT2D eigenvalue weighted by molar-refractivity contribution is 0.188. The van der Waals surface area contributed by atoms with Crippen LogP contribution in [0.25, 0.3) is 0 Å². The van der Waals surface area contributed by atoms with E-state index < -0.39 is 0 Å². The lowest BCUT2D eigenvalue weighted by Crippen LogP contribution is -2.43. The number of hydrogen-bond acceptors (Lipinski definition) is 2. The first kappa shape index (κ1) is 16.8. The Bertz CT molecular complexity index is 413. The zero-order valence-corrected chi connectivity index (χ0v) is 14.2. The highest BCUT2D eigenvalue weighted by molar-refractivity contribution is 6.30. The molecule has 0 aliphatic carbocycles. The highest BCUT2D eigenvalue weighted by atomic mass is 35.5. The van der Waals surface area contributed by atoms with Gasteiger partial charge in [0.1, 0.15) is 0 Å². The van der Waals surface area contributed by atoms with E-state index >= 15 is 0 Å². The Hall–Kier alpha value is -0.570. The van der Waals surface area contributed by atoms with Crippen molar-refractivity contribution in [3.05, 3.63) is 34.9 Å². The van der Waals surface area contributed by atoms with Gasteiger partial charge in [0.25, 0.3) is 0 Å². The zero-order valence-electron chi connectivity index (χ0n) is 13.4. The smallest absolute Gasteiger partial charge is 0.0409 e. The molecule has 0 radical (unpaired) electrons. The topological polar surface area (TPSA) is 15.3 Å². The molecule has 1 heterocycles. The minimum atomic E-state index is 0.427. The Kier molecular flexibility index (Phi) is 7.01. The zero-order chi connectivity index (χ0) is 15.1. The van der Waals surface area contributed by atoms with Gasteiger partial charge >= 0.3 is 0 Å². The molecule has 1 aliphatic rings. The molecule has 1 unspecified atom stereocenters. The second-order valence-electron chi connectivity index (χ2n) is 6.15. The van der Waals surface area contributed by atoms with E-state index in [1.807, 2.05) is 6.07 Å². The maximum absolute atomic E-state index is 6.12. The van der Waals surface area contributed by atoms with Crippen LogP contribution in [0.15, 0.2) is 24.3 Å². The fourth-order valence-corrected chi connectivity index (χ4v) is 3.36. The molecule has 1 saturated heterocycles. The molecule has 118 valence electrons. The fraction of sp³-hybridized carbons (Fsp3) is 0.667. The fourth-order valence-electron chi connectivity index (χ4n) is 3.16. The largest absolute Gasteiger partial charge is 0.307 e. The van der Waals surface area contributed by atoms with Crippen molar-refractivity contribution in [2.75, 3.05) is 19.6 Å². The Morgan fingerprint density at radius 3 is 2.67 bits per heavy atom. The van der Waals surface area contributed by atoms with Crippen molar-refractivity contribution in [2.24, 2.45) is 0 Å². The molecule has 0 bridgehead atoms. The predicted octanol–water partition coefficient (Wildman–Crippen LogP) is 4.65. The van der Waals surface area contributed by atoms with Crippen LogP contribution in [0.2, 0.25) is 5.02 Å². The lowest BCUT2D eigenvalue weighted by atomic mass is 9.99. The molecule has 1 N–H and O–H groups in total. The van der Waals surface area contributed by atoms with Crippen molar-refractivity contribution in [2.45, 2.75) is 58.0 Å². The van der Waals surface area contributed by atoms with Gasteiger partial charge in [-0.25, -0.2) is 0 Å². The average Bonchev–Trinajstić information content (AvgIpc) is 2.51. The molecule has 2 rings (SSSR count). The highest BCUT2D eigenvalue weighted by Crippen LogP contribution is 2.23. The molecule has 0 spiro atoms. The Balaban J connectivity index is 1.83. The maximum Gasteiger partial charge on any atom is 0.0409 e. The highest BCUT2D eigenvalue weighted by Gasteiger charge is 2.21. The number of rotatable bonds is 7. The van der Waals surface area contributed by atoms with Crippen molar-refractivity contribution in [1.82, 2.24) is 10.2 Å². The molecule has 2 nitrogen and oxygen atoms in total. The van der Waals surface area contributed by atoms with Crippen LogP contribution >= 0.6 is 11.6 Å². The molecule has 21 heavy (non-hydrogen) atoms. The molecular formula is C18H29ClN2. The third-order valence-corrected chi connectivity index (χ3v) is 4.75. The molecule has 0 aromatic heterocycles. The molecule has 0 amide bonds. The second kappa shape index (κ2) is 8.77. The number of nitrogens with one attached hydrogen (secondary N) is 1. The molecule has 1 atom stereocenters. The van der Waals surface area contributed by atoms with E-state index in [0.29, 0.717) is 12.1 Å². The van der Waals surface area contributed by atoms with Gasteiger partial charge in [-0.2, -0.15) is 0 Å². The Morgan fingerprint density at radius 2 is 2.05 bits per heavy atom. The predicted molar refractivity (Wildman–Crippen MR) is 92.0 cm³/mol. The van der Waals surface area contributed by atoms with E-state index in [0.717, 1.165) is 11.4 Å². The van der Waals surface area contributed by atoms with Gasteiger partial charge in [0.15, 0.2) is 0 Å². The summed E-state index contributed by atoms with van der Waals surface area (Å²) in [6.45, 7) is 8.27. The van der Waals surface area contributed by atoms with E-state index in [-0.39, 0.29) is 0 Å². The van der Waals surface area contributed by atoms with Crippen LogP contribution in [0.4, 0.5) is 0 Å². The van der Waals surface area contributed by atoms with Crippen molar-refractivity contribution in [1.29, 1.82) is 0 Å². The van der Waals surface area contributed by atoms with Crippen LogP contribution in [-0.4, -0.2) is 30.6 Å². The monoisotopic (exact) mass is 308 g/mol. The van der Waals surface area contributed by atoms with E-state index in [4.69, 9.17) is 11.6 Å². The second-order valence-corrected chi connectivity index (χ2v) is 6.59. The third kappa shape index (κ3) is 5.28. The molecular weight excluding hydrogens is 280 g/mol. The number of piperidine rings is 1. The van der Waals surface area contributed by atoms with E-state index in [1.54, 1.807) is 0 Å². The van der Waals surface area contributed by atoms with Gasteiger partial charge in [0.2, 0.25) is 0 Å². The number of unbranched alkanes of at least 4 members (excludes halogenated alkanes) is 1. The average molecular weight is 309 g/mol. The summed E-state index contributed by atoms with van der Waals surface area (Å²) in [5.74, 6) is 0. The molecule has 1 aliphatic heterocycles. The molecule has 1 fully saturated rings. The molecule has 3 heteroatoms. The SMILES string of the molecule is CCCCN1CCC(NC(CC)c2cccc(Cl)c2)CC1. The summed E-state index contributed by atoms with van der Waals surface area (Å²) < 4.78 is 0. The summed E-state index contributed by atoms with van der Waals surface area (Å²) >= 11 is 6.12.